The van der Waals surface area contributed by atoms with Gasteiger partial charge in [-0.15, -0.1) is 0 Å². The lowest BCUT2D eigenvalue weighted by Gasteiger charge is -2.34. The number of carbonyl (C=O) groups is 5. The smallest absolute Gasteiger partial charge is 0.332 e. The van der Waals surface area contributed by atoms with Crippen LogP contribution in [-0.2, 0) is 19.1 Å². The maximum atomic E-state index is 13.0. The Morgan fingerprint density at radius 2 is 1.77 bits per heavy atom. The van der Waals surface area contributed by atoms with Crippen molar-refractivity contribution in [2.45, 2.75) is 50.9 Å². The van der Waals surface area contributed by atoms with Crippen molar-refractivity contribution >= 4 is 35.3 Å². The summed E-state index contributed by atoms with van der Waals surface area (Å²) in [5.41, 5.74) is 1.26. The van der Waals surface area contributed by atoms with Crippen LogP contribution in [-0.4, -0.2) is 70.9 Å². The number of hydrogen-bond acceptors (Lipinski definition) is 7. The molecule has 2 fully saturated rings. The van der Waals surface area contributed by atoms with E-state index in [0.29, 0.717) is 25.9 Å². The molecule has 31 heavy (non-hydrogen) atoms. The fourth-order valence-corrected chi connectivity index (χ4v) is 4.25. The van der Waals surface area contributed by atoms with Crippen LogP contribution in [0.5, 0.6) is 0 Å². The van der Waals surface area contributed by atoms with E-state index in [1.165, 1.54) is 6.92 Å². The van der Waals surface area contributed by atoms with Gasteiger partial charge in [0.25, 0.3) is 11.8 Å². The summed E-state index contributed by atoms with van der Waals surface area (Å²) in [6.07, 6.45) is 0.465. The Balaban J connectivity index is 1.46. The highest BCUT2D eigenvalue weighted by Crippen LogP contribution is 2.31. The van der Waals surface area contributed by atoms with Gasteiger partial charge in [-0.2, -0.15) is 0 Å². The number of fused-ring (bicyclic) bond motifs is 1. The molecule has 2 unspecified atom stereocenters. The van der Waals surface area contributed by atoms with Crippen LogP contribution < -0.4 is 10.2 Å². The third-order valence-electron chi connectivity index (χ3n) is 5.97. The van der Waals surface area contributed by atoms with Gasteiger partial charge in [0, 0.05) is 25.2 Å². The van der Waals surface area contributed by atoms with Gasteiger partial charge in [-0.1, -0.05) is 0 Å². The van der Waals surface area contributed by atoms with Gasteiger partial charge in [0.1, 0.15) is 6.04 Å². The fraction of sp³-hybridized carbons (Fsp3) is 0.476. The van der Waals surface area contributed by atoms with E-state index < -0.39 is 41.7 Å². The number of anilines is 1. The summed E-state index contributed by atoms with van der Waals surface area (Å²) < 4.78 is 5.55. The minimum Gasteiger partial charge on any atom is -0.479 e. The zero-order valence-corrected chi connectivity index (χ0v) is 17.0. The Bertz CT molecular complexity index is 968. The van der Waals surface area contributed by atoms with Gasteiger partial charge < -0.3 is 14.7 Å². The summed E-state index contributed by atoms with van der Waals surface area (Å²) in [7, 11) is 0. The molecule has 0 saturated carbocycles. The highest BCUT2D eigenvalue weighted by Gasteiger charge is 2.44. The monoisotopic (exact) mass is 429 g/mol. The number of nitrogens with one attached hydrogen (secondary N) is 1. The number of carbonyl (C=O) groups excluding carboxylic acids is 4. The Kier molecular flexibility index (Phi) is 5.48. The number of imide groups is 2. The molecule has 2 saturated heterocycles. The SMILES string of the molecule is CC(OC1CCN(c2ccc3c(c2)C(=O)N(C2CCC(=O)NC2=O)C3=O)CC1)C(=O)O. The van der Waals surface area contributed by atoms with E-state index in [2.05, 4.69) is 10.2 Å². The number of amides is 4. The van der Waals surface area contributed by atoms with Crippen molar-refractivity contribution in [3.63, 3.8) is 0 Å². The van der Waals surface area contributed by atoms with E-state index in [1.54, 1.807) is 18.2 Å². The number of piperidine rings is 2. The average Bonchev–Trinajstić information content (AvgIpc) is 2.98. The first-order chi connectivity index (χ1) is 14.8. The molecule has 2 N–H and O–H groups in total. The third-order valence-corrected chi connectivity index (χ3v) is 5.97. The molecule has 0 radical (unpaired) electrons. The highest BCUT2D eigenvalue weighted by atomic mass is 16.5. The molecular formula is C21H23N3O7. The molecule has 1 aromatic rings. The number of hydrogen-bond donors (Lipinski definition) is 2. The second-order valence-corrected chi connectivity index (χ2v) is 7.98. The van der Waals surface area contributed by atoms with Gasteiger partial charge in [0.2, 0.25) is 11.8 Å². The molecule has 4 amide bonds. The number of benzene rings is 1. The summed E-state index contributed by atoms with van der Waals surface area (Å²) in [6.45, 7) is 2.75. The molecule has 0 aromatic heterocycles. The molecule has 10 nitrogen and oxygen atoms in total. The second-order valence-electron chi connectivity index (χ2n) is 7.98. The highest BCUT2D eigenvalue weighted by molar-refractivity contribution is 6.23. The van der Waals surface area contributed by atoms with Crippen molar-refractivity contribution < 1.29 is 33.8 Å². The van der Waals surface area contributed by atoms with Crippen molar-refractivity contribution in [1.82, 2.24) is 10.2 Å². The number of carboxylic acids is 1. The lowest BCUT2D eigenvalue weighted by Crippen LogP contribution is -2.54. The Hall–Kier alpha value is -3.27. The molecular weight excluding hydrogens is 406 g/mol. The van der Waals surface area contributed by atoms with Gasteiger partial charge >= 0.3 is 5.97 Å². The third kappa shape index (κ3) is 3.90. The van der Waals surface area contributed by atoms with Crippen LogP contribution in [0.4, 0.5) is 5.69 Å². The van der Waals surface area contributed by atoms with Crippen LogP contribution >= 0.6 is 0 Å². The summed E-state index contributed by atoms with van der Waals surface area (Å²) in [5.74, 6) is -3.11. The van der Waals surface area contributed by atoms with Crippen molar-refractivity contribution in [3.8, 4) is 0 Å². The Labute approximate surface area is 178 Å². The van der Waals surface area contributed by atoms with Crippen molar-refractivity contribution in [2.75, 3.05) is 18.0 Å². The second kappa shape index (κ2) is 8.10. The van der Waals surface area contributed by atoms with Gasteiger partial charge in [-0.25, -0.2) is 4.79 Å². The van der Waals surface area contributed by atoms with Crippen LogP contribution in [0.2, 0.25) is 0 Å². The molecule has 0 bridgehead atoms. The maximum absolute atomic E-state index is 13.0. The van der Waals surface area contributed by atoms with E-state index in [0.717, 1.165) is 10.6 Å². The van der Waals surface area contributed by atoms with E-state index in [1.807, 2.05) is 0 Å². The number of rotatable bonds is 5. The van der Waals surface area contributed by atoms with Crippen LogP contribution in [0.3, 0.4) is 0 Å². The number of ether oxygens (including phenoxy) is 1. The Morgan fingerprint density at radius 3 is 2.42 bits per heavy atom. The van der Waals surface area contributed by atoms with Gasteiger partial charge in [0.15, 0.2) is 6.10 Å². The van der Waals surface area contributed by atoms with Crippen molar-refractivity contribution in [1.29, 1.82) is 0 Å². The van der Waals surface area contributed by atoms with E-state index >= 15 is 0 Å². The number of aliphatic carboxylic acids is 1. The zero-order chi connectivity index (χ0) is 22.3. The molecule has 0 spiro atoms. The summed E-state index contributed by atoms with van der Waals surface area (Å²) >= 11 is 0. The van der Waals surface area contributed by atoms with Crippen molar-refractivity contribution in [2.24, 2.45) is 0 Å². The van der Waals surface area contributed by atoms with E-state index in [4.69, 9.17) is 9.84 Å². The first kappa shape index (κ1) is 21.0. The molecule has 4 rings (SSSR count). The van der Waals surface area contributed by atoms with Crippen LogP contribution in [0.1, 0.15) is 53.3 Å². The van der Waals surface area contributed by atoms with E-state index in [-0.39, 0.29) is 30.1 Å². The summed E-state index contributed by atoms with van der Waals surface area (Å²) in [4.78, 5) is 63.2. The standard InChI is InChI=1S/C21H23N3O7/c1-11(21(29)30)31-13-6-8-23(9-7-13)12-2-3-14-15(10-12)20(28)24(19(14)27)16-4-5-17(25)22-18(16)26/h2-3,10-11,13,16H,4-9H2,1H3,(H,29,30)(H,22,25,26). The van der Waals surface area contributed by atoms with E-state index in [9.17, 15) is 24.0 Å². The Morgan fingerprint density at radius 1 is 1.10 bits per heavy atom. The minimum absolute atomic E-state index is 0.0760. The zero-order valence-electron chi connectivity index (χ0n) is 17.0. The predicted molar refractivity (Wildman–Crippen MR) is 107 cm³/mol. The normalized spacial score (nSPS) is 23.1. The van der Waals surface area contributed by atoms with Crippen LogP contribution in [0.25, 0.3) is 0 Å². The molecule has 10 heteroatoms. The maximum Gasteiger partial charge on any atom is 0.332 e. The molecule has 3 aliphatic heterocycles. The first-order valence-corrected chi connectivity index (χ1v) is 10.2. The number of carboxylic acid groups (broad SMARTS) is 1. The topological polar surface area (TPSA) is 133 Å². The predicted octanol–water partition coefficient (Wildman–Crippen LogP) is 0.546. The largest absolute Gasteiger partial charge is 0.479 e. The van der Waals surface area contributed by atoms with Gasteiger partial charge in [-0.3, -0.25) is 29.4 Å². The summed E-state index contributed by atoms with van der Waals surface area (Å²) in [5, 5.41) is 11.2. The molecule has 3 heterocycles. The van der Waals surface area contributed by atoms with Gasteiger partial charge in [-0.05, 0) is 44.4 Å². The van der Waals surface area contributed by atoms with Crippen LogP contribution in [0.15, 0.2) is 18.2 Å². The summed E-state index contributed by atoms with van der Waals surface area (Å²) in [6, 6.07) is 4.02. The minimum atomic E-state index is -0.996. The fourth-order valence-electron chi connectivity index (χ4n) is 4.25. The molecule has 164 valence electrons. The molecule has 1 aromatic carbocycles. The molecule has 3 aliphatic rings. The average molecular weight is 429 g/mol. The van der Waals surface area contributed by atoms with Crippen molar-refractivity contribution in [3.05, 3.63) is 29.3 Å². The molecule has 0 aliphatic carbocycles. The number of nitrogens with zero attached hydrogens (tertiary/aromatic N) is 2. The van der Waals surface area contributed by atoms with Crippen LogP contribution in [0, 0.1) is 0 Å². The molecule has 2 atom stereocenters. The first-order valence-electron chi connectivity index (χ1n) is 10.2. The quantitative estimate of drug-likeness (QED) is 0.648. The lowest BCUT2D eigenvalue weighted by molar-refractivity contribution is -0.153. The lowest BCUT2D eigenvalue weighted by atomic mass is 10.0. The van der Waals surface area contributed by atoms with Gasteiger partial charge in [0.05, 0.1) is 17.2 Å².